The summed E-state index contributed by atoms with van der Waals surface area (Å²) in [7, 11) is 0. The van der Waals surface area contributed by atoms with Crippen molar-refractivity contribution in [3.63, 3.8) is 0 Å². The lowest BCUT2D eigenvalue weighted by molar-refractivity contribution is -0.142. The molecule has 0 aliphatic rings. The molecule has 0 unspecified atom stereocenters. The van der Waals surface area contributed by atoms with Gasteiger partial charge in [0.15, 0.2) is 6.61 Å². The molecule has 0 heterocycles. The molecule has 176 valence electrons. The van der Waals surface area contributed by atoms with Crippen LogP contribution in [0.2, 0.25) is 0 Å². The number of nitrogens with two attached hydrogens (primary N) is 1. The quantitative estimate of drug-likeness (QED) is 0.246. The molecule has 0 saturated heterocycles. The van der Waals surface area contributed by atoms with E-state index in [-0.39, 0.29) is 25.1 Å². The van der Waals surface area contributed by atoms with Crippen LogP contribution < -0.4 is 21.1 Å². The van der Waals surface area contributed by atoms with Crippen LogP contribution in [-0.2, 0) is 32.0 Å². The summed E-state index contributed by atoms with van der Waals surface area (Å²) in [5, 5.41) is 32.6. The Labute approximate surface area is 189 Å². The molecule has 33 heavy (non-hydrogen) atoms. The third kappa shape index (κ3) is 8.50. The SMILES string of the molecule is NCC(=O)N[C@@H](Cc1ccc(OCC(=O)N[C@@H](Cc2ccc(O)cc2)C(=O)O)cc1)C(=O)O. The molecule has 0 aromatic heterocycles. The molecular weight excluding hydrogens is 434 g/mol. The van der Waals surface area contributed by atoms with Gasteiger partial charge in [0.25, 0.3) is 5.91 Å². The molecular formula is C22H25N3O8. The first kappa shape index (κ1) is 25.1. The van der Waals surface area contributed by atoms with Gasteiger partial charge in [0, 0.05) is 12.8 Å². The van der Waals surface area contributed by atoms with Crippen molar-refractivity contribution in [3.8, 4) is 11.5 Å². The highest BCUT2D eigenvalue weighted by Gasteiger charge is 2.21. The molecule has 11 heteroatoms. The van der Waals surface area contributed by atoms with Gasteiger partial charge in [-0.3, -0.25) is 9.59 Å². The van der Waals surface area contributed by atoms with Crippen molar-refractivity contribution in [1.29, 1.82) is 0 Å². The third-order valence-corrected chi connectivity index (χ3v) is 4.56. The number of carboxylic acid groups (broad SMARTS) is 2. The average Bonchev–Trinajstić information content (AvgIpc) is 2.78. The number of ether oxygens (including phenoxy) is 1. The molecule has 0 spiro atoms. The lowest BCUT2D eigenvalue weighted by Gasteiger charge is -2.16. The summed E-state index contributed by atoms with van der Waals surface area (Å²) >= 11 is 0. The van der Waals surface area contributed by atoms with E-state index in [0.717, 1.165) is 0 Å². The number of carbonyl (C=O) groups excluding carboxylic acids is 2. The van der Waals surface area contributed by atoms with Gasteiger partial charge in [-0.1, -0.05) is 24.3 Å². The minimum absolute atomic E-state index is 0.0272. The van der Waals surface area contributed by atoms with Crippen LogP contribution in [0.25, 0.3) is 0 Å². The van der Waals surface area contributed by atoms with Crippen LogP contribution in [-0.4, -0.2) is 64.3 Å². The Kier molecular flexibility index (Phi) is 9.18. The second kappa shape index (κ2) is 12.1. The summed E-state index contributed by atoms with van der Waals surface area (Å²) in [6.45, 7) is -0.751. The van der Waals surface area contributed by atoms with Crippen LogP contribution in [0.5, 0.6) is 11.5 Å². The fraction of sp³-hybridized carbons (Fsp3) is 0.273. The number of amides is 2. The normalized spacial score (nSPS) is 12.3. The van der Waals surface area contributed by atoms with Crippen molar-refractivity contribution in [2.75, 3.05) is 13.2 Å². The molecule has 0 radical (unpaired) electrons. The number of hydrogen-bond acceptors (Lipinski definition) is 7. The molecule has 0 aliphatic heterocycles. The van der Waals surface area contributed by atoms with Crippen LogP contribution >= 0.6 is 0 Å². The second-order valence-electron chi connectivity index (χ2n) is 7.13. The van der Waals surface area contributed by atoms with Gasteiger partial charge in [-0.05, 0) is 35.4 Å². The largest absolute Gasteiger partial charge is 0.508 e. The van der Waals surface area contributed by atoms with Gasteiger partial charge in [-0.2, -0.15) is 0 Å². The second-order valence-corrected chi connectivity index (χ2v) is 7.13. The first-order valence-corrected chi connectivity index (χ1v) is 9.92. The number of hydrogen-bond donors (Lipinski definition) is 6. The smallest absolute Gasteiger partial charge is 0.326 e. The molecule has 2 rings (SSSR count). The van der Waals surface area contributed by atoms with Gasteiger partial charge in [-0.25, -0.2) is 9.59 Å². The van der Waals surface area contributed by atoms with Crippen molar-refractivity contribution < 1.29 is 39.2 Å². The van der Waals surface area contributed by atoms with Gasteiger partial charge in [0.2, 0.25) is 5.91 Å². The van der Waals surface area contributed by atoms with E-state index in [9.17, 15) is 34.5 Å². The van der Waals surface area contributed by atoms with Crippen molar-refractivity contribution >= 4 is 23.8 Å². The summed E-state index contributed by atoms with van der Waals surface area (Å²) in [5.74, 6) is -3.27. The number of carboxylic acids is 2. The maximum Gasteiger partial charge on any atom is 0.326 e. The van der Waals surface area contributed by atoms with Crippen LogP contribution in [0, 0.1) is 0 Å². The molecule has 11 nitrogen and oxygen atoms in total. The Balaban J connectivity index is 1.88. The van der Waals surface area contributed by atoms with E-state index < -0.39 is 42.4 Å². The van der Waals surface area contributed by atoms with Crippen LogP contribution in [0.4, 0.5) is 0 Å². The summed E-state index contributed by atoms with van der Waals surface area (Å²) in [6.07, 6.45) is 0.0564. The number of aliphatic carboxylic acids is 2. The molecule has 2 atom stereocenters. The number of aromatic hydroxyl groups is 1. The Hall–Kier alpha value is -4.12. The van der Waals surface area contributed by atoms with Gasteiger partial charge < -0.3 is 36.4 Å². The van der Waals surface area contributed by atoms with Crippen molar-refractivity contribution in [2.45, 2.75) is 24.9 Å². The molecule has 2 amide bonds. The fourth-order valence-corrected chi connectivity index (χ4v) is 2.86. The highest BCUT2D eigenvalue weighted by atomic mass is 16.5. The molecule has 0 aliphatic carbocycles. The zero-order valence-corrected chi connectivity index (χ0v) is 17.6. The standard InChI is InChI=1S/C22H25N3O8/c23-11-19(27)24-17(21(29)30)10-14-3-7-16(8-4-14)33-12-20(28)25-18(22(31)32)9-13-1-5-15(26)6-2-13/h1-8,17-18,26H,9-12,23H2,(H,24,27)(H,25,28)(H,29,30)(H,31,32)/t17-,18-/m0/s1. The zero-order valence-electron chi connectivity index (χ0n) is 17.6. The van der Waals surface area contributed by atoms with Gasteiger partial charge in [0.1, 0.15) is 23.6 Å². The summed E-state index contributed by atoms with van der Waals surface area (Å²) in [6, 6.07) is 9.88. The summed E-state index contributed by atoms with van der Waals surface area (Å²) in [5.41, 5.74) is 6.42. The van der Waals surface area contributed by atoms with E-state index in [4.69, 9.17) is 10.5 Å². The monoisotopic (exact) mass is 459 g/mol. The lowest BCUT2D eigenvalue weighted by atomic mass is 10.1. The Morgan fingerprint density at radius 2 is 1.24 bits per heavy atom. The zero-order chi connectivity index (χ0) is 24.4. The van der Waals surface area contributed by atoms with Crippen molar-refractivity contribution in [1.82, 2.24) is 10.6 Å². The predicted molar refractivity (Wildman–Crippen MR) is 116 cm³/mol. The van der Waals surface area contributed by atoms with Gasteiger partial charge in [-0.15, -0.1) is 0 Å². The number of benzene rings is 2. The summed E-state index contributed by atoms with van der Waals surface area (Å²) < 4.78 is 5.36. The number of rotatable bonds is 12. The highest BCUT2D eigenvalue weighted by Crippen LogP contribution is 2.14. The van der Waals surface area contributed by atoms with E-state index >= 15 is 0 Å². The Bertz CT molecular complexity index is 976. The number of carbonyl (C=O) groups is 4. The number of nitrogens with one attached hydrogen (secondary N) is 2. The van der Waals surface area contributed by atoms with Crippen molar-refractivity contribution in [3.05, 3.63) is 59.7 Å². The van der Waals surface area contributed by atoms with Crippen LogP contribution in [0.15, 0.2) is 48.5 Å². The Morgan fingerprint density at radius 1 is 0.788 bits per heavy atom. The van der Waals surface area contributed by atoms with Crippen molar-refractivity contribution in [2.24, 2.45) is 5.73 Å². The average molecular weight is 459 g/mol. The maximum atomic E-state index is 12.1. The Morgan fingerprint density at radius 3 is 1.70 bits per heavy atom. The van der Waals surface area contributed by atoms with Gasteiger partial charge in [0.05, 0.1) is 6.54 Å². The first-order chi connectivity index (χ1) is 15.7. The molecule has 0 saturated carbocycles. The number of phenolic OH excluding ortho intramolecular Hbond substituents is 1. The van der Waals surface area contributed by atoms with E-state index in [2.05, 4.69) is 10.6 Å². The molecule has 0 fully saturated rings. The molecule has 2 aromatic carbocycles. The summed E-state index contributed by atoms with van der Waals surface area (Å²) in [4.78, 5) is 46.2. The van der Waals surface area contributed by atoms with E-state index in [1.807, 2.05) is 0 Å². The molecule has 7 N–H and O–H groups in total. The number of phenols is 1. The predicted octanol–water partition coefficient (Wildman–Crippen LogP) is -0.346. The molecule has 0 bridgehead atoms. The third-order valence-electron chi connectivity index (χ3n) is 4.56. The van der Waals surface area contributed by atoms with Crippen LogP contribution in [0.3, 0.4) is 0 Å². The van der Waals surface area contributed by atoms with Gasteiger partial charge >= 0.3 is 11.9 Å². The first-order valence-electron chi connectivity index (χ1n) is 9.92. The molecule has 2 aromatic rings. The van der Waals surface area contributed by atoms with Crippen LogP contribution in [0.1, 0.15) is 11.1 Å². The maximum absolute atomic E-state index is 12.1. The fourth-order valence-electron chi connectivity index (χ4n) is 2.86. The van der Waals surface area contributed by atoms with E-state index in [1.165, 1.54) is 24.3 Å². The van der Waals surface area contributed by atoms with E-state index in [0.29, 0.717) is 16.9 Å². The lowest BCUT2D eigenvalue weighted by Crippen LogP contribution is -2.44. The topological polar surface area (TPSA) is 188 Å². The van der Waals surface area contributed by atoms with E-state index in [1.54, 1.807) is 24.3 Å². The minimum atomic E-state index is -1.21. The highest BCUT2D eigenvalue weighted by molar-refractivity contribution is 5.85. The minimum Gasteiger partial charge on any atom is -0.508 e.